The van der Waals surface area contributed by atoms with Crippen molar-refractivity contribution < 1.29 is 24.2 Å². The molecular formula is C13H16ClN5O4S. The van der Waals surface area contributed by atoms with Gasteiger partial charge in [0.05, 0.1) is 24.8 Å². The molecule has 0 saturated carbocycles. The first-order valence-electron chi connectivity index (χ1n) is 6.85. The zero-order valence-corrected chi connectivity index (χ0v) is 14.3. The van der Waals surface area contributed by atoms with E-state index in [-0.39, 0.29) is 30.0 Å². The molecule has 2 aliphatic rings. The quantitative estimate of drug-likeness (QED) is 0.335. The van der Waals surface area contributed by atoms with E-state index >= 15 is 0 Å². The molecule has 1 fully saturated rings. The molecule has 0 spiro atoms. The Hall–Kier alpha value is -2.04. The number of thioether (sulfide) groups is 1. The third-order valence-electron chi connectivity index (χ3n) is 3.98. The van der Waals surface area contributed by atoms with Crippen molar-refractivity contribution in [3.05, 3.63) is 23.5 Å². The van der Waals surface area contributed by atoms with Crippen molar-refractivity contribution in [3.63, 3.8) is 0 Å². The molecule has 3 heterocycles. The van der Waals surface area contributed by atoms with Crippen LogP contribution in [0.4, 0.5) is 5.82 Å². The molecule has 3 rings (SSSR count). The number of nitrogens with two attached hydrogens (primary N) is 1. The van der Waals surface area contributed by atoms with Gasteiger partial charge in [-0.3, -0.25) is 14.5 Å². The molecule has 0 bridgehead atoms. The Morgan fingerprint density at radius 3 is 2.96 bits per heavy atom. The van der Waals surface area contributed by atoms with E-state index in [1.54, 1.807) is 28.7 Å². The minimum Gasteiger partial charge on any atom is -0.543 e. The van der Waals surface area contributed by atoms with E-state index in [0.717, 1.165) is 0 Å². The predicted octanol–water partition coefficient (Wildman–Crippen LogP) is -2.45. The molecule has 9 nitrogen and oxygen atoms in total. The number of aromatic nitrogens is 2. The Bertz CT molecular complexity index is 734. The van der Waals surface area contributed by atoms with E-state index in [0.29, 0.717) is 23.6 Å². The number of carboxylic acids is 1. The van der Waals surface area contributed by atoms with Gasteiger partial charge in [-0.1, -0.05) is 0 Å². The smallest absolute Gasteiger partial charge is 0.248 e. The van der Waals surface area contributed by atoms with Crippen LogP contribution < -0.4 is 20.8 Å². The second-order valence-corrected chi connectivity index (χ2v) is 6.36. The van der Waals surface area contributed by atoms with E-state index in [9.17, 15) is 19.5 Å². The summed E-state index contributed by atoms with van der Waals surface area (Å²) in [5.74, 6) is -0.773. The second-order valence-electron chi connectivity index (χ2n) is 5.26. The summed E-state index contributed by atoms with van der Waals surface area (Å²) in [7, 11) is 1.73. The van der Waals surface area contributed by atoms with Gasteiger partial charge in [0.2, 0.25) is 12.3 Å². The molecule has 0 aromatic carbocycles. The molecule has 0 radical (unpaired) electrons. The number of β-lactam (4-membered cyclic amide) rings is 1. The van der Waals surface area contributed by atoms with Gasteiger partial charge in [-0.05, 0) is 0 Å². The third-order valence-corrected chi connectivity index (χ3v) is 5.34. The molecule has 11 heteroatoms. The van der Waals surface area contributed by atoms with E-state index in [2.05, 4.69) is 5.32 Å². The summed E-state index contributed by atoms with van der Waals surface area (Å²) in [5.41, 5.74) is 6.17. The monoisotopic (exact) mass is 373 g/mol. The fourth-order valence-corrected chi connectivity index (χ4v) is 4.03. The average molecular weight is 374 g/mol. The molecule has 1 aromatic rings. The van der Waals surface area contributed by atoms with Crippen molar-refractivity contribution in [2.24, 2.45) is 12.8 Å². The molecule has 2 aliphatic heterocycles. The van der Waals surface area contributed by atoms with Gasteiger partial charge in [-0.2, -0.15) is 0 Å². The van der Waals surface area contributed by atoms with Crippen molar-refractivity contribution in [2.75, 3.05) is 11.1 Å². The lowest BCUT2D eigenvalue weighted by atomic mass is 10.0. The summed E-state index contributed by atoms with van der Waals surface area (Å²) < 4.78 is 3.41. The molecule has 2 atom stereocenters. The standard InChI is InChI=1S/C13H15N5O4S.ClH/c1-16-8(15-6-19)2-3-17(16)4-7-5-23-12-9(14)11(20)18(12)10(7)13(21)22;/h2-3,6,9,12H,4-5,14H2,1H3,(H,21,22);1H/t9-,12-;/m1./s1. The zero-order valence-electron chi connectivity index (χ0n) is 12.7. The molecule has 2 amide bonds. The Kier molecular flexibility index (Phi) is 5.21. The fraction of sp³-hybridized carbons (Fsp3) is 0.385. The molecule has 130 valence electrons. The highest BCUT2D eigenvalue weighted by Crippen LogP contribution is 2.39. The van der Waals surface area contributed by atoms with Crippen molar-refractivity contribution in [1.29, 1.82) is 0 Å². The molecular weight excluding hydrogens is 358 g/mol. The van der Waals surface area contributed by atoms with Gasteiger partial charge < -0.3 is 21.0 Å². The van der Waals surface area contributed by atoms with Crippen LogP contribution in [-0.2, 0) is 28.0 Å². The van der Waals surface area contributed by atoms with E-state index in [1.807, 2.05) is 0 Å². The Balaban J connectivity index is 0.00000208. The minimum absolute atomic E-state index is 0. The number of nitrogens with zero attached hydrogens (tertiary/aromatic N) is 3. The largest absolute Gasteiger partial charge is 0.543 e. The van der Waals surface area contributed by atoms with Crippen LogP contribution in [0.1, 0.15) is 0 Å². The van der Waals surface area contributed by atoms with Crippen LogP contribution >= 0.6 is 24.2 Å². The number of carbonyl (C=O) groups excluding carboxylic acids is 3. The number of aliphatic carboxylic acids is 1. The number of halogens is 1. The predicted molar refractivity (Wildman–Crippen MR) is 85.6 cm³/mol. The first-order valence-corrected chi connectivity index (χ1v) is 7.89. The number of nitrogens with one attached hydrogen (secondary N) is 1. The lowest BCUT2D eigenvalue weighted by Crippen LogP contribution is -2.69. The Labute approximate surface area is 147 Å². The van der Waals surface area contributed by atoms with Crippen molar-refractivity contribution >= 4 is 48.3 Å². The Morgan fingerprint density at radius 2 is 2.33 bits per heavy atom. The topological polar surface area (TPSA) is 124 Å². The van der Waals surface area contributed by atoms with Gasteiger partial charge in [0, 0.05) is 11.3 Å². The van der Waals surface area contributed by atoms with Gasteiger partial charge in [0.15, 0.2) is 18.6 Å². The lowest BCUT2D eigenvalue weighted by Gasteiger charge is -2.49. The maximum absolute atomic E-state index is 11.9. The second kappa shape index (κ2) is 6.83. The van der Waals surface area contributed by atoms with Crippen LogP contribution in [0.5, 0.6) is 0 Å². The maximum atomic E-state index is 11.9. The summed E-state index contributed by atoms with van der Waals surface area (Å²) in [5, 5.41) is 13.7. The van der Waals surface area contributed by atoms with Crippen LogP contribution in [0.3, 0.4) is 0 Å². The third kappa shape index (κ3) is 2.76. The highest BCUT2D eigenvalue weighted by Gasteiger charge is 2.50. The normalized spacial score (nSPS) is 22.4. The maximum Gasteiger partial charge on any atom is 0.248 e. The lowest BCUT2D eigenvalue weighted by molar-refractivity contribution is -0.765. The number of hydrogen-bond donors (Lipinski definition) is 2. The van der Waals surface area contributed by atoms with Gasteiger partial charge >= 0.3 is 0 Å². The summed E-state index contributed by atoms with van der Waals surface area (Å²) in [6, 6.07) is 1.03. The molecule has 24 heavy (non-hydrogen) atoms. The summed E-state index contributed by atoms with van der Waals surface area (Å²) in [6.07, 6.45) is 2.28. The number of hydrogen-bond acceptors (Lipinski definition) is 6. The highest BCUT2D eigenvalue weighted by molar-refractivity contribution is 8.00. The summed E-state index contributed by atoms with van der Waals surface area (Å²) in [6.45, 7) is 0.263. The van der Waals surface area contributed by atoms with Gasteiger partial charge in [-0.15, -0.1) is 33.5 Å². The summed E-state index contributed by atoms with van der Waals surface area (Å²) >= 11 is 1.43. The zero-order chi connectivity index (χ0) is 16.7. The van der Waals surface area contributed by atoms with Crippen molar-refractivity contribution in [1.82, 2.24) is 9.58 Å². The molecule has 1 aromatic heterocycles. The van der Waals surface area contributed by atoms with Crippen LogP contribution in [0, 0.1) is 0 Å². The fourth-order valence-electron chi connectivity index (χ4n) is 2.75. The first kappa shape index (κ1) is 18.3. The number of amides is 2. The molecule has 3 N–H and O–H groups in total. The minimum atomic E-state index is -1.38. The number of fused-ring (bicyclic) bond motifs is 1. The van der Waals surface area contributed by atoms with Gasteiger partial charge in [0.1, 0.15) is 11.4 Å². The van der Waals surface area contributed by atoms with Gasteiger partial charge in [0.25, 0.3) is 0 Å². The SMILES string of the molecule is Cl.Cn1c(NC=O)cc[n+]1CC1=C(C(=O)[O-])N2C(=O)[C@@H](N)[C@H]2SC1. The van der Waals surface area contributed by atoms with Crippen LogP contribution in [0.25, 0.3) is 0 Å². The van der Waals surface area contributed by atoms with Crippen LogP contribution in [0.15, 0.2) is 23.5 Å². The van der Waals surface area contributed by atoms with E-state index in [1.165, 1.54) is 16.7 Å². The summed E-state index contributed by atoms with van der Waals surface area (Å²) in [4.78, 5) is 35.1. The molecule has 1 saturated heterocycles. The van der Waals surface area contributed by atoms with E-state index < -0.39 is 17.9 Å². The number of rotatable bonds is 5. The first-order chi connectivity index (χ1) is 11.0. The van der Waals surface area contributed by atoms with Crippen LogP contribution in [0.2, 0.25) is 0 Å². The number of anilines is 1. The van der Waals surface area contributed by atoms with Crippen molar-refractivity contribution in [2.45, 2.75) is 18.0 Å². The molecule has 0 aliphatic carbocycles. The Morgan fingerprint density at radius 1 is 1.62 bits per heavy atom. The number of carbonyl (C=O) groups is 3. The van der Waals surface area contributed by atoms with Gasteiger partial charge in [-0.25, -0.2) is 0 Å². The average Bonchev–Trinajstić information content (AvgIpc) is 2.87. The van der Waals surface area contributed by atoms with E-state index in [4.69, 9.17) is 5.73 Å². The molecule has 0 unspecified atom stereocenters. The number of carboxylic acid groups (broad SMARTS) is 1. The van der Waals surface area contributed by atoms with Crippen LogP contribution in [-0.4, -0.2) is 45.0 Å². The highest BCUT2D eigenvalue weighted by atomic mass is 35.5. The van der Waals surface area contributed by atoms with Crippen molar-refractivity contribution in [3.8, 4) is 0 Å².